The Labute approximate surface area is 75.7 Å². The Morgan fingerprint density at radius 2 is 2.33 bits per heavy atom. The molecular formula is C10H21NO. The average Bonchev–Trinajstić information content (AvgIpc) is 2.46. The van der Waals surface area contributed by atoms with Gasteiger partial charge >= 0.3 is 0 Å². The van der Waals surface area contributed by atoms with Crippen molar-refractivity contribution >= 4 is 0 Å². The first-order valence-electron chi connectivity index (χ1n) is 5.17. The van der Waals surface area contributed by atoms with Crippen molar-refractivity contribution in [1.29, 1.82) is 0 Å². The number of ether oxygens (including phenoxy) is 1. The summed E-state index contributed by atoms with van der Waals surface area (Å²) in [6.07, 6.45) is 4.26. The fourth-order valence-corrected chi connectivity index (χ4v) is 1.56. The van der Waals surface area contributed by atoms with E-state index in [1.807, 2.05) is 0 Å². The molecule has 0 aromatic carbocycles. The first kappa shape index (κ1) is 10.0. The molecule has 0 radical (unpaired) electrons. The molecule has 0 aromatic rings. The van der Waals surface area contributed by atoms with Crippen LogP contribution in [0.3, 0.4) is 0 Å². The lowest BCUT2D eigenvalue weighted by Gasteiger charge is -2.14. The van der Waals surface area contributed by atoms with Crippen LogP contribution in [-0.2, 0) is 4.74 Å². The third kappa shape index (κ3) is 3.11. The first-order valence-corrected chi connectivity index (χ1v) is 5.17. The second kappa shape index (κ2) is 5.55. The molecular weight excluding hydrogens is 150 g/mol. The van der Waals surface area contributed by atoms with E-state index in [1.54, 1.807) is 0 Å². The number of rotatable bonds is 5. The van der Waals surface area contributed by atoms with Crippen molar-refractivity contribution in [3.05, 3.63) is 0 Å². The Morgan fingerprint density at radius 3 is 2.92 bits per heavy atom. The van der Waals surface area contributed by atoms with Crippen LogP contribution in [0.15, 0.2) is 0 Å². The molecule has 1 heterocycles. The lowest BCUT2D eigenvalue weighted by atomic mass is 10.0. The highest BCUT2D eigenvalue weighted by Crippen LogP contribution is 2.18. The number of hydrogen-bond donors (Lipinski definition) is 1. The SMILES string of the molecule is CCCCNCC1OCCC1C. The largest absolute Gasteiger partial charge is 0.377 e. The van der Waals surface area contributed by atoms with E-state index >= 15 is 0 Å². The van der Waals surface area contributed by atoms with Crippen molar-refractivity contribution < 1.29 is 4.74 Å². The molecule has 0 aromatic heterocycles. The standard InChI is InChI=1S/C10H21NO/c1-3-4-6-11-8-10-9(2)5-7-12-10/h9-11H,3-8H2,1-2H3. The van der Waals surface area contributed by atoms with E-state index in [1.165, 1.54) is 19.3 Å². The summed E-state index contributed by atoms with van der Waals surface area (Å²) in [4.78, 5) is 0. The van der Waals surface area contributed by atoms with Crippen LogP contribution in [-0.4, -0.2) is 25.8 Å². The van der Waals surface area contributed by atoms with Crippen molar-refractivity contribution in [3.63, 3.8) is 0 Å². The molecule has 0 saturated carbocycles. The molecule has 0 spiro atoms. The van der Waals surface area contributed by atoms with Gasteiger partial charge in [-0.05, 0) is 25.3 Å². The quantitative estimate of drug-likeness (QED) is 0.637. The molecule has 1 rings (SSSR count). The summed E-state index contributed by atoms with van der Waals surface area (Å²) in [5.74, 6) is 0.749. The minimum absolute atomic E-state index is 0.474. The Hall–Kier alpha value is -0.0800. The van der Waals surface area contributed by atoms with Gasteiger partial charge in [0, 0.05) is 13.2 Å². The van der Waals surface area contributed by atoms with Crippen LogP contribution in [0.1, 0.15) is 33.1 Å². The van der Waals surface area contributed by atoms with Crippen LogP contribution in [0.2, 0.25) is 0 Å². The van der Waals surface area contributed by atoms with Crippen LogP contribution < -0.4 is 5.32 Å². The summed E-state index contributed by atoms with van der Waals surface area (Å²) in [6, 6.07) is 0. The Morgan fingerprint density at radius 1 is 1.50 bits per heavy atom. The van der Waals surface area contributed by atoms with Crippen LogP contribution in [0, 0.1) is 5.92 Å². The zero-order valence-corrected chi connectivity index (χ0v) is 8.31. The van der Waals surface area contributed by atoms with Crippen molar-refractivity contribution in [2.45, 2.75) is 39.2 Å². The minimum Gasteiger partial charge on any atom is -0.377 e. The minimum atomic E-state index is 0.474. The molecule has 1 N–H and O–H groups in total. The van der Waals surface area contributed by atoms with Crippen molar-refractivity contribution in [3.8, 4) is 0 Å². The van der Waals surface area contributed by atoms with Gasteiger partial charge in [0.1, 0.15) is 0 Å². The van der Waals surface area contributed by atoms with Gasteiger partial charge in [-0.25, -0.2) is 0 Å². The van der Waals surface area contributed by atoms with E-state index < -0.39 is 0 Å². The number of nitrogens with one attached hydrogen (secondary N) is 1. The predicted octanol–water partition coefficient (Wildman–Crippen LogP) is 1.80. The van der Waals surface area contributed by atoms with Gasteiger partial charge in [-0.3, -0.25) is 0 Å². The van der Waals surface area contributed by atoms with Crippen LogP contribution in [0.25, 0.3) is 0 Å². The molecule has 1 aliphatic rings. The van der Waals surface area contributed by atoms with Gasteiger partial charge in [-0.2, -0.15) is 0 Å². The van der Waals surface area contributed by atoms with E-state index in [-0.39, 0.29) is 0 Å². The normalized spacial score (nSPS) is 29.5. The molecule has 1 saturated heterocycles. The molecule has 12 heavy (non-hydrogen) atoms. The maximum absolute atomic E-state index is 5.58. The summed E-state index contributed by atoms with van der Waals surface area (Å²) < 4.78 is 5.58. The molecule has 2 nitrogen and oxygen atoms in total. The summed E-state index contributed by atoms with van der Waals surface area (Å²) in [6.45, 7) is 7.64. The van der Waals surface area contributed by atoms with Crippen molar-refractivity contribution in [2.75, 3.05) is 19.7 Å². The highest BCUT2D eigenvalue weighted by molar-refractivity contribution is 4.74. The fraction of sp³-hybridized carbons (Fsp3) is 1.00. The lowest BCUT2D eigenvalue weighted by Crippen LogP contribution is -2.30. The fourth-order valence-electron chi connectivity index (χ4n) is 1.56. The van der Waals surface area contributed by atoms with Crippen LogP contribution in [0.4, 0.5) is 0 Å². The first-order chi connectivity index (χ1) is 5.84. The third-order valence-electron chi connectivity index (χ3n) is 2.59. The molecule has 0 amide bonds. The summed E-state index contributed by atoms with van der Waals surface area (Å²) >= 11 is 0. The van der Waals surface area contributed by atoms with E-state index in [0.29, 0.717) is 6.10 Å². The topological polar surface area (TPSA) is 21.3 Å². The van der Waals surface area contributed by atoms with E-state index in [9.17, 15) is 0 Å². The molecule has 72 valence electrons. The molecule has 2 heteroatoms. The maximum Gasteiger partial charge on any atom is 0.0725 e. The lowest BCUT2D eigenvalue weighted by molar-refractivity contribution is 0.0935. The average molecular weight is 171 g/mol. The highest BCUT2D eigenvalue weighted by Gasteiger charge is 2.23. The number of hydrogen-bond acceptors (Lipinski definition) is 2. The second-order valence-corrected chi connectivity index (χ2v) is 3.73. The van der Waals surface area contributed by atoms with Gasteiger partial charge < -0.3 is 10.1 Å². The van der Waals surface area contributed by atoms with E-state index in [0.717, 1.165) is 25.6 Å². The Balaban J connectivity index is 1.98. The second-order valence-electron chi connectivity index (χ2n) is 3.73. The van der Waals surface area contributed by atoms with Gasteiger partial charge in [0.25, 0.3) is 0 Å². The van der Waals surface area contributed by atoms with E-state index in [2.05, 4.69) is 19.2 Å². The zero-order valence-electron chi connectivity index (χ0n) is 8.31. The predicted molar refractivity (Wildman–Crippen MR) is 51.3 cm³/mol. The number of unbranched alkanes of at least 4 members (excludes halogenated alkanes) is 1. The van der Waals surface area contributed by atoms with Crippen molar-refractivity contribution in [1.82, 2.24) is 5.32 Å². The maximum atomic E-state index is 5.58. The zero-order chi connectivity index (χ0) is 8.81. The van der Waals surface area contributed by atoms with E-state index in [4.69, 9.17) is 4.74 Å². The summed E-state index contributed by atoms with van der Waals surface area (Å²) in [5.41, 5.74) is 0. The van der Waals surface area contributed by atoms with Crippen LogP contribution in [0.5, 0.6) is 0 Å². The van der Waals surface area contributed by atoms with Gasteiger partial charge in [-0.1, -0.05) is 20.3 Å². The Kier molecular flexibility index (Phi) is 4.62. The molecule has 1 aliphatic heterocycles. The molecule has 1 fully saturated rings. The van der Waals surface area contributed by atoms with Gasteiger partial charge in [-0.15, -0.1) is 0 Å². The van der Waals surface area contributed by atoms with Crippen molar-refractivity contribution in [2.24, 2.45) is 5.92 Å². The smallest absolute Gasteiger partial charge is 0.0725 e. The molecule has 2 unspecified atom stereocenters. The molecule has 0 bridgehead atoms. The molecule has 2 atom stereocenters. The van der Waals surface area contributed by atoms with Gasteiger partial charge in [0.15, 0.2) is 0 Å². The summed E-state index contributed by atoms with van der Waals surface area (Å²) in [5, 5.41) is 3.43. The third-order valence-corrected chi connectivity index (χ3v) is 2.59. The molecule has 0 aliphatic carbocycles. The highest BCUT2D eigenvalue weighted by atomic mass is 16.5. The van der Waals surface area contributed by atoms with Gasteiger partial charge in [0.2, 0.25) is 0 Å². The Bertz CT molecular complexity index is 116. The monoisotopic (exact) mass is 171 g/mol. The summed E-state index contributed by atoms with van der Waals surface area (Å²) in [7, 11) is 0. The van der Waals surface area contributed by atoms with Crippen LogP contribution >= 0.6 is 0 Å². The van der Waals surface area contributed by atoms with Gasteiger partial charge in [0.05, 0.1) is 6.10 Å².